The molecule has 0 radical (unpaired) electrons. The molecule has 2 heterocycles. The molecule has 1 fully saturated rings. The number of hydrogen-bond acceptors (Lipinski definition) is 3. The first kappa shape index (κ1) is 10.8. The van der Waals surface area contributed by atoms with Crippen LogP contribution in [0, 0.1) is 11.7 Å². The summed E-state index contributed by atoms with van der Waals surface area (Å²) >= 11 is 1.65. The van der Waals surface area contributed by atoms with Gasteiger partial charge in [0.2, 0.25) is 0 Å². The largest absolute Gasteiger partial charge is 0.261 e. The summed E-state index contributed by atoms with van der Waals surface area (Å²) in [5.74, 6) is 1.10. The second kappa shape index (κ2) is 4.18. The Balaban J connectivity index is 1.89. The first-order valence-electron chi connectivity index (χ1n) is 5.80. The Labute approximate surface area is 104 Å². The van der Waals surface area contributed by atoms with Crippen molar-refractivity contribution in [2.45, 2.75) is 25.7 Å². The predicted molar refractivity (Wildman–Crippen MR) is 66.4 cm³/mol. The first-order chi connectivity index (χ1) is 8.24. The van der Waals surface area contributed by atoms with Crippen LogP contribution in [0.2, 0.25) is 0 Å². The molecule has 1 aliphatic carbocycles. The molecule has 17 heavy (non-hydrogen) atoms. The highest BCUT2D eigenvalue weighted by atomic mass is 32.1. The zero-order chi connectivity index (χ0) is 11.8. The van der Waals surface area contributed by atoms with Gasteiger partial charge in [0.25, 0.3) is 0 Å². The Morgan fingerprint density at radius 1 is 1.35 bits per heavy atom. The smallest absolute Gasteiger partial charge is 0.142 e. The lowest BCUT2D eigenvalue weighted by atomic mass is 10.1. The third-order valence-electron chi connectivity index (χ3n) is 3.25. The van der Waals surface area contributed by atoms with E-state index in [4.69, 9.17) is 0 Å². The molecule has 0 saturated heterocycles. The lowest BCUT2D eigenvalue weighted by Gasteiger charge is -2.04. The molecule has 1 unspecified atom stereocenters. The average Bonchev–Trinajstić information content (AvgIpc) is 3.05. The third-order valence-corrected chi connectivity index (χ3v) is 4.50. The van der Waals surface area contributed by atoms with Gasteiger partial charge in [-0.15, -0.1) is 11.3 Å². The molecule has 2 nitrogen and oxygen atoms in total. The van der Waals surface area contributed by atoms with Gasteiger partial charge in [0, 0.05) is 22.8 Å². The van der Waals surface area contributed by atoms with Gasteiger partial charge in [0.05, 0.1) is 6.20 Å². The van der Waals surface area contributed by atoms with Crippen molar-refractivity contribution in [3.8, 4) is 10.6 Å². The fraction of sp³-hybridized carbons (Fsp3) is 0.385. The summed E-state index contributed by atoms with van der Waals surface area (Å²) in [5, 5.41) is 0.861. The highest BCUT2D eigenvalue weighted by Gasteiger charge is 2.30. The van der Waals surface area contributed by atoms with Crippen molar-refractivity contribution >= 4 is 11.3 Å². The third kappa shape index (κ3) is 2.22. The average molecular weight is 248 g/mol. The van der Waals surface area contributed by atoms with Crippen LogP contribution in [0.5, 0.6) is 0 Å². The molecule has 1 saturated carbocycles. The number of aromatic nitrogens is 2. The van der Waals surface area contributed by atoms with E-state index in [-0.39, 0.29) is 5.82 Å². The van der Waals surface area contributed by atoms with Crippen LogP contribution in [-0.2, 0) is 0 Å². The summed E-state index contributed by atoms with van der Waals surface area (Å²) in [6.07, 6.45) is 7.46. The number of nitrogens with zero attached hydrogens (tertiary/aromatic N) is 2. The normalized spacial score (nSPS) is 17.1. The summed E-state index contributed by atoms with van der Waals surface area (Å²) in [7, 11) is 0. The zero-order valence-corrected chi connectivity index (χ0v) is 10.4. The Morgan fingerprint density at radius 2 is 2.18 bits per heavy atom. The molecule has 2 aromatic rings. The van der Waals surface area contributed by atoms with Gasteiger partial charge in [-0.2, -0.15) is 0 Å². The zero-order valence-electron chi connectivity index (χ0n) is 9.56. The SMILES string of the molecule is CC(c1cnc(-c2cncc(F)c2)s1)C1CC1. The second-order valence-electron chi connectivity index (χ2n) is 4.59. The van der Waals surface area contributed by atoms with E-state index in [1.54, 1.807) is 17.5 Å². The van der Waals surface area contributed by atoms with Crippen molar-refractivity contribution in [2.24, 2.45) is 5.92 Å². The summed E-state index contributed by atoms with van der Waals surface area (Å²) < 4.78 is 13.1. The fourth-order valence-corrected chi connectivity index (χ4v) is 3.03. The van der Waals surface area contributed by atoms with Gasteiger partial charge in [-0.1, -0.05) is 6.92 Å². The van der Waals surface area contributed by atoms with Crippen LogP contribution < -0.4 is 0 Å². The molecule has 1 atom stereocenters. The molecular weight excluding hydrogens is 235 g/mol. The molecule has 3 rings (SSSR count). The number of rotatable bonds is 3. The van der Waals surface area contributed by atoms with Crippen LogP contribution in [0.3, 0.4) is 0 Å². The number of halogens is 1. The van der Waals surface area contributed by atoms with E-state index in [1.807, 2.05) is 6.20 Å². The van der Waals surface area contributed by atoms with Crippen molar-refractivity contribution in [2.75, 3.05) is 0 Å². The van der Waals surface area contributed by atoms with Crippen LogP contribution in [0.1, 0.15) is 30.6 Å². The van der Waals surface area contributed by atoms with Crippen LogP contribution in [-0.4, -0.2) is 9.97 Å². The van der Waals surface area contributed by atoms with Gasteiger partial charge in [0.15, 0.2) is 0 Å². The Bertz CT molecular complexity index is 534. The fourth-order valence-electron chi connectivity index (χ4n) is 1.99. The molecule has 0 aliphatic heterocycles. The standard InChI is InChI=1S/C13H13FN2S/c1-8(9-2-3-9)12-7-16-13(17-12)10-4-11(14)6-15-5-10/h4-9H,2-3H2,1H3. The van der Waals surface area contributed by atoms with E-state index in [2.05, 4.69) is 16.9 Å². The van der Waals surface area contributed by atoms with Crippen molar-refractivity contribution in [1.29, 1.82) is 0 Å². The van der Waals surface area contributed by atoms with Crippen LogP contribution in [0.4, 0.5) is 4.39 Å². The molecule has 2 aromatic heterocycles. The quantitative estimate of drug-likeness (QED) is 0.824. The molecule has 4 heteroatoms. The van der Waals surface area contributed by atoms with E-state index >= 15 is 0 Å². The van der Waals surface area contributed by atoms with Gasteiger partial charge in [-0.25, -0.2) is 9.37 Å². The van der Waals surface area contributed by atoms with E-state index in [9.17, 15) is 4.39 Å². The van der Waals surface area contributed by atoms with Crippen molar-refractivity contribution in [1.82, 2.24) is 9.97 Å². The summed E-state index contributed by atoms with van der Waals surface area (Å²) in [6.45, 7) is 2.25. The van der Waals surface area contributed by atoms with Gasteiger partial charge in [-0.3, -0.25) is 4.98 Å². The highest BCUT2D eigenvalue weighted by molar-refractivity contribution is 7.15. The molecule has 0 aromatic carbocycles. The molecular formula is C13H13FN2S. The Hall–Kier alpha value is -1.29. The van der Waals surface area contributed by atoms with Crippen molar-refractivity contribution in [3.05, 3.63) is 35.4 Å². The summed E-state index contributed by atoms with van der Waals surface area (Å²) in [5.41, 5.74) is 0.768. The molecule has 0 bridgehead atoms. The predicted octanol–water partition coefficient (Wildman–Crippen LogP) is 3.86. The lowest BCUT2D eigenvalue weighted by molar-refractivity contribution is 0.622. The molecule has 0 amide bonds. The van der Waals surface area contributed by atoms with Crippen molar-refractivity contribution < 1.29 is 4.39 Å². The minimum atomic E-state index is -0.311. The van der Waals surface area contributed by atoms with E-state index in [1.165, 1.54) is 30.0 Å². The van der Waals surface area contributed by atoms with Crippen LogP contribution >= 0.6 is 11.3 Å². The van der Waals surface area contributed by atoms with Gasteiger partial charge in [-0.05, 0) is 30.7 Å². The number of pyridine rings is 1. The first-order valence-corrected chi connectivity index (χ1v) is 6.62. The minimum absolute atomic E-state index is 0.311. The van der Waals surface area contributed by atoms with E-state index in [0.29, 0.717) is 5.92 Å². The monoisotopic (exact) mass is 248 g/mol. The topological polar surface area (TPSA) is 25.8 Å². The maximum absolute atomic E-state index is 13.1. The lowest BCUT2D eigenvalue weighted by Crippen LogP contribution is -1.90. The second-order valence-corrected chi connectivity index (χ2v) is 5.65. The van der Waals surface area contributed by atoms with Gasteiger partial charge < -0.3 is 0 Å². The summed E-state index contributed by atoms with van der Waals surface area (Å²) in [6, 6.07) is 1.48. The molecule has 0 spiro atoms. The molecule has 1 aliphatic rings. The van der Waals surface area contributed by atoms with E-state index in [0.717, 1.165) is 16.5 Å². The highest BCUT2D eigenvalue weighted by Crippen LogP contribution is 2.44. The molecule has 88 valence electrons. The van der Waals surface area contributed by atoms with Gasteiger partial charge >= 0.3 is 0 Å². The molecule has 0 N–H and O–H groups in total. The Kier molecular flexibility index (Phi) is 2.67. The maximum Gasteiger partial charge on any atom is 0.142 e. The minimum Gasteiger partial charge on any atom is -0.261 e. The Morgan fingerprint density at radius 3 is 2.88 bits per heavy atom. The number of hydrogen-bond donors (Lipinski definition) is 0. The van der Waals surface area contributed by atoms with Crippen LogP contribution in [0.15, 0.2) is 24.7 Å². The van der Waals surface area contributed by atoms with Gasteiger partial charge in [0.1, 0.15) is 10.8 Å². The summed E-state index contributed by atoms with van der Waals surface area (Å²) in [4.78, 5) is 9.52. The maximum atomic E-state index is 13.1. The van der Waals surface area contributed by atoms with Crippen molar-refractivity contribution in [3.63, 3.8) is 0 Å². The van der Waals surface area contributed by atoms with Crippen LogP contribution in [0.25, 0.3) is 10.6 Å². The number of thiazole rings is 1. The van der Waals surface area contributed by atoms with E-state index < -0.39 is 0 Å².